The van der Waals surface area contributed by atoms with Crippen molar-refractivity contribution in [2.45, 2.75) is 39.8 Å². The van der Waals surface area contributed by atoms with E-state index in [2.05, 4.69) is 16.0 Å². The van der Waals surface area contributed by atoms with Gasteiger partial charge in [-0.15, -0.1) is 0 Å². The Balaban J connectivity index is 1.39. The van der Waals surface area contributed by atoms with E-state index in [0.29, 0.717) is 18.7 Å². The van der Waals surface area contributed by atoms with Crippen LogP contribution in [0.5, 0.6) is 11.5 Å². The molecular weight excluding hydrogens is 426 g/mol. The number of hydrogen-bond donors (Lipinski definition) is 1. The van der Waals surface area contributed by atoms with Crippen molar-refractivity contribution >= 4 is 16.9 Å². The molecule has 0 fully saturated rings. The molecule has 0 radical (unpaired) electrons. The van der Waals surface area contributed by atoms with Gasteiger partial charge in [0.2, 0.25) is 0 Å². The number of unbranched alkanes of at least 4 members (excludes halogenated alkanes) is 1. The van der Waals surface area contributed by atoms with Crippen molar-refractivity contribution in [3.05, 3.63) is 89.2 Å². The van der Waals surface area contributed by atoms with Gasteiger partial charge in [-0.3, -0.25) is 4.79 Å². The Hall–Kier alpha value is -3.80. The van der Waals surface area contributed by atoms with Crippen LogP contribution in [0.2, 0.25) is 0 Å². The number of amides is 1. The highest BCUT2D eigenvalue weighted by atomic mass is 16.5. The van der Waals surface area contributed by atoms with Crippen LogP contribution in [-0.4, -0.2) is 29.2 Å². The summed E-state index contributed by atoms with van der Waals surface area (Å²) < 4.78 is 13.4. The predicted octanol–water partition coefficient (Wildman–Crippen LogP) is 5.45. The van der Waals surface area contributed by atoms with E-state index in [4.69, 9.17) is 14.5 Å². The van der Waals surface area contributed by atoms with Crippen LogP contribution in [0.4, 0.5) is 0 Å². The van der Waals surface area contributed by atoms with Crippen LogP contribution in [-0.2, 0) is 13.1 Å². The van der Waals surface area contributed by atoms with Gasteiger partial charge < -0.3 is 19.4 Å². The molecule has 0 saturated heterocycles. The van der Waals surface area contributed by atoms with Crippen LogP contribution < -0.4 is 14.8 Å². The molecule has 34 heavy (non-hydrogen) atoms. The third-order valence-electron chi connectivity index (χ3n) is 5.87. The monoisotopic (exact) mass is 457 g/mol. The molecule has 0 bridgehead atoms. The highest BCUT2D eigenvalue weighted by Crippen LogP contribution is 2.26. The summed E-state index contributed by atoms with van der Waals surface area (Å²) in [6.45, 7) is 5.76. The third kappa shape index (κ3) is 5.39. The van der Waals surface area contributed by atoms with E-state index < -0.39 is 0 Å². The van der Waals surface area contributed by atoms with Gasteiger partial charge in [0, 0.05) is 12.1 Å². The minimum absolute atomic E-state index is 0.0821. The molecule has 0 saturated carbocycles. The molecule has 176 valence electrons. The van der Waals surface area contributed by atoms with Gasteiger partial charge in [-0.05, 0) is 62.6 Å². The van der Waals surface area contributed by atoms with Gasteiger partial charge in [0.25, 0.3) is 5.91 Å². The number of carbonyl (C=O) groups excluding carboxylic acids is 1. The Morgan fingerprint density at radius 3 is 2.53 bits per heavy atom. The van der Waals surface area contributed by atoms with E-state index in [9.17, 15) is 4.79 Å². The summed E-state index contributed by atoms with van der Waals surface area (Å²) in [6.07, 6.45) is 1.81. The molecule has 6 heteroatoms. The lowest BCUT2D eigenvalue weighted by molar-refractivity contribution is 0.0949. The topological polar surface area (TPSA) is 65.4 Å². The Labute approximate surface area is 200 Å². The van der Waals surface area contributed by atoms with Crippen molar-refractivity contribution in [1.82, 2.24) is 14.9 Å². The standard InChI is InChI=1S/C28H31N3O3/c1-20-14-15-22(21(2)18-20)28(32)29-19-27-30-23-10-4-5-11-24(23)31(27)16-8-9-17-34-26-13-7-6-12-25(26)33-3/h4-7,10-15,18H,8-9,16-17,19H2,1-3H3,(H,29,32). The SMILES string of the molecule is COc1ccccc1OCCCCn1c(CNC(=O)c2ccc(C)cc2C)nc2ccccc21. The van der Waals surface area contributed by atoms with Gasteiger partial charge in [0.15, 0.2) is 11.5 Å². The number of aromatic nitrogens is 2. The minimum Gasteiger partial charge on any atom is -0.493 e. The number of fused-ring (bicyclic) bond motifs is 1. The molecule has 1 N–H and O–H groups in total. The number of aryl methyl sites for hydroxylation is 3. The van der Waals surface area contributed by atoms with Gasteiger partial charge in [0.05, 0.1) is 31.3 Å². The lowest BCUT2D eigenvalue weighted by Crippen LogP contribution is -2.25. The fourth-order valence-corrected chi connectivity index (χ4v) is 4.12. The van der Waals surface area contributed by atoms with Crippen LogP contribution >= 0.6 is 0 Å². The van der Waals surface area contributed by atoms with E-state index in [1.165, 1.54) is 0 Å². The first kappa shape index (κ1) is 23.4. The van der Waals surface area contributed by atoms with Crippen molar-refractivity contribution < 1.29 is 14.3 Å². The number of hydrogen-bond acceptors (Lipinski definition) is 4. The summed E-state index contributed by atoms with van der Waals surface area (Å²) in [5, 5.41) is 3.05. The van der Waals surface area contributed by atoms with Gasteiger partial charge >= 0.3 is 0 Å². The Morgan fingerprint density at radius 2 is 1.74 bits per heavy atom. The third-order valence-corrected chi connectivity index (χ3v) is 5.87. The second-order valence-corrected chi connectivity index (χ2v) is 8.38. The van der Waals surface area contributed by atoms with E-state index in [1.54, 1.807) is 7.11 Å². The second-order valence-electron chi connectivity index (χ2n) is 8.38. The van der Waals surface area contributed by atoms with Gasteiger partial charge in [-0.25, -0.2) is 4.98 Å². The van der Waals surface area contributed by atoms with Crippen LogP contribution in [0.3, 0.4) is 0 Å². The number of rotatable bonds is 10. The lowest BCUT2D eigenvalue weighted by atomic mass is 10.1. The Bertz CT molecular complexity index is 1280. The number of ether oxygens (including phenoxy) is 2. The first-order chi connectivity index (χ1) is 16.6. The Kier molecular flexibility index (Phi) is 7.48. The summed E-state index contributed by atoms with van der Waals surface area (Å²) in [6, 6.07) is 21.6. The normalized spacial score (nSPS) is 10.9. The minimum atomic E-state index is -0.0821. The lowest BCUT2D eigenvalue weighted by Gasteiger charge is -2.12. The maximum atomic E-state index is 12.8. The maximum absolute atomic E-state index is 12.8. The quantitative estimate of drug-likeness (QED) is 0.322. The summed E-state index contributed by atoms with van der Waals surface area (Å²) in [5.41, 5.74) is 4.82. The summed E-state index contributed by atoms with van der Waals surface area (Å²) in [4.78, 5) is 17.6. The van der Waals surface area contributed by atoms with Crippen LogP contribution in [0.25, 0.3) is 11.0 Å². The number of nitrogens with one attached hydrogen (secondary N) is 1. The van der Waals surface area contributed by atoms with E-state index in [-0.39, 0.29) is 5.91 Å². The first-order valence-electron chi connectivity index (χ1n) is 11.6. The summed E-state index contributed by atoms with van der Waals surface area (Å²) >= 11 is 0. The van der Waals surface area contributed by atoms with Crippen molar-refractivity contribution in [3.8, 4) is 11.5 Å². The zero-order chi connectivity index (χ0) is 23.9. The zero-order valence-electron chi connectivity index (χ0n) is 20.0. The van der Waals surface area contributed by atoms with Gasteiger partial charge in [-0.2, -0.15) is 0 Å². The predicted molar refractivity (Wildman–Crippen MR) is 135 cm³/mol. The molecule has 0 aliphatic heterocycles. The summed E-state index contributed by atoms with van der Waals surface area (Å²) in [5.74, 6) is 2.27. The van der Waals surface area contributed by atoms with Crippen LogP contribution in [0.15, 0.2) is 66.7 Å². The van der Waals surface area contributed by atoms with E-state index in [1.807, 2.05) is 74.5 Å². The summed E-state index contributed by atoms with van der Waals surface area (Å²) in [7, 11) is 1.65. The van der Waals surface area contributed by atoms with E-state index in [0.717, 1.165) is 58.9 Å². The molecule has 1 amide bonds. The molecular formula is C28H31N3O3. The molecule has 0 aliphatic rings. The van der Waals surface area contributed by atoms with Crippen molar-refractivity contribution in [2.75, 3.05) is 13.7 Å². The molecule has 0 unspecified atom stereocenters. The number of nitrogens with zero attached hydrogens (tertiary/aromatic N) is 2. The maximum Gasteiger partial charge on any atom is 0.251 e. The molecule has 4 aromatic rings. The zero-order valence-corrected chi connectivity index (χ0v) is 20.0. The number of carbonyl (C=O) groups is 1. The number of benzene rings is 3. The second kappa shape index (κ2) is 10.9. The fraction of sp³-hybridized carbons (Fsp3) is 0.286. The van der Waals surface area contributed by atoms with Crippen molar-refractivity contribution in [2.24, 2.45) is 0 Å². The molecule has 0 spiro atoms. The smallest absolute Gasteiger partial charge is 0.251 e. The molecule has 4 rings (SSSR count). The average Bonchev–Trinajstić information content (AvgIpc) is 3.20. The van der Waals surface area contributed by atoms with E-state index >= 15 is 0 Å². The molecule has 1 aromatic heterocycles. The molecule has 1 heterocycles. The molecule has 0 atom stereocenters. The molecule has 3 aromatic carbocycles. The average molecular weight is 458 g/mol. The van der Waals surface area contributed by atoms with Gasteiger partial charge in [-0.1, -0.05) is 42.0 Å². The largest absolute Gasteiger partial charge is 0.493 e. The van der Waals surface area contributed by atoms with Crippen LogP contribution in [0.1, 0.15) is 40.2 Å². The van der Waals surface area contributed by atoms with Crippen molar-refractivity contribution in [1.29, 1.82) is 0 Å². The number of para-hydroxylation sites is 4. The number of methoxy groups -OCH3 is 1. The Morgan fingerprint density at radius 1 is 0.971 bits per heavy atom. The highest BCUT2D eigenvalue weighted by molar-refractivity contribution is 5.95. The number of imidazole rings is 1. The first-order valence-corrected chi connectivity index (χ1v) is 11.6. The highest BCUT2D eigenvalue weighted by Gasteiger charge is 2.14. The fourth-order valence-electron chi connectivity index (χ4n) is 4.12. The van der Waals surface area contributed by atoms with Crippen LogP contribution in [0, 0.1) is 13.8 Å². The van der Waals surface area contributed by atoms with Gasteiger partial charge in [0.1, 0.15) is 5.82 Å². The molecule has 0 aliphatic carbocycles. The molecule has 6 nitrogen and oxygen atoms in total. The van der Waals surface area contributed by atoms with Crippen molar-refractivity contribution in [3.63, 3.8) is 0 Å².